The van der Waals surface area contributed by atoms with Gasteiger partial charge in [-0.25, -0.2) is 4.79 Å². The largest absolute Gasteiger partial charge is 0.480 e. The summed E-state index contributed by atoms with van der Waals surface area (Å²) in [6.45, 7) is -0.149. The van der Waals surface area contributed by atoms with Crippen molar-refractivity contribution in [3.8, 4) is 11.1 Å². The first-order chi connectivity index (χ1) is 15.1. The van der Waals surface area contributed by atoms with Gasteiger partial charge in [-0.15, -0.1) is 0 Å². The van der Waals surface area contributed by atoms with Crippen LogP contribution in [0, 0.1) is 5.92 Å². The van der Waals surface area contributed by atoms with Gasteiger partial charge in [0.05, 0.1) is 0 Å². The van der Waals surface area contributed by atoms with Crippen molar-refractivity contribution in [3.63, 3.8) is 0 Å². The average molecular weight is 450 g/mol. The van der Waals surface area contributed by atoms with Crippen molar-refractivity contribution >= 4 is 18.0 Å². The van der Waals surface area contributed by atoms with Crippen molar-refractivity contribution < 1.29 is 37.4 Å². The van der Waals surface area contributed by atoms with Crippen LogP contribution in [0.1, 0.15) is 24.0 Å². The highest BCUT2D eigenvalue weighted by Gasteiger charge is 2.45. The molecular formula is C22H21F3N2O5. The van der Waals surface area contributed by atoms with Crippen molar-refractivity contribution in [2.75, 3.05) is 13.2 Å². The zero-order chi connectivity index (χ0) is 23.5. The molecule has 2 atom stereocenters. The van der Waals surface area contributed by atoms with E-state index >= 15 is 0 Å². The summed E-state index contributed by atoms with van der Waals surface area (Å²) in [5.41, 5.74) is 3.88. The number of amides is 2. The maximum atomic E-state index is 13.2. The first kappa shape index (κ1) is 23.1. The number of halogens is 3. The summed E-state index contributed by atoms with van der Waals surface area (Å²) in [5.74, 6) is -5.92. The van der Waals surface area contributed by atoms with E-state index in [4.69, 9.17) is 9.84 Å². The molecule has 1 aliphatic carbocycles. The first-order valence-electron chi connectivity index (χ1n) is 9.78. The maximum Gasteiger partial charge on any atom is 0.407 e. The van der Waals surface area contributed by atoms with Gasteiger partial charge in [0.2, 0.25) is 5.91 Å². The van der Waals surface area contributed by atoms with E-state index < -0.39 is 42.7 Å². The molecule has 3 rings (SSSR count). The second-order valence-electron chi connectivity index (χ2n) is 7.37. The summed E-state index contributed by atoms with van der Waals surface area (Å²) in [4.78, 5) is 34.7. The molecule has 32 heavy (non-hydrogen) atoms. The molecule has 0 saturated heterocycles. The molecule has 0 saturated carbocycles. The first-order valence-corrected chi connectivity index (χ1v) is 9.78. The summed E-state index contributed by atoms with van der Waals surface area (Å²) in [6.07, 6.45) is -6.10. The Labute approximate surface area is 181 Å². The lowest BCUT2D eigenvalue weighted by Crippen LogP contribution is -2.50. The van der Waals surface area contributed by atoms with E-state index in [1.165, 1.54) is 0 Å². The van der Waals surface area contributed by atoms with Crippen LogP contribution in [-0.4, -0.2) is 48.4 Å². The fraction of sp³-hybridized carbons (Fsp3) is 0.318. The zero-order valence-corrected chi connectivity index (χ0v) is 17.0. The van der Waals surface area contributed by atoms with Gasteiger partial charge in [0.15, 0.2) is 5.92 Å². The van der Waals surface area contributed by atoms with Crippen molar-refractivity contribution in [1.82, 2.24) is 10.6 Å². The number of hydrogen-bond acceptors (Lipinski definition) is 4. The summed E-state index contributed by atoms with van der Waals surface area (Å²) < 4.78 is 44.9. The van der Waals surface area contributed by atoms with Gasteiger partial charge in [-0.2, -0.15) is 13.2 Å². The van der Waals surface area contributed by atoms with Gasteiger partial charge in [0.1, 0.15) is 12.6 Å². The maximum absolute atomic E-state index is 13.2. The summed E-state index contributed by atoms with van der Waals surface area (Å²) >= 11 is 0. The third kappa shape index (κ3) is 5.01. The molecule has 2 unspecified atom stereocenters. The minimum Gasteiger partial charge on any atom is -0.480 e. The number of alkyl halides is 3. The molecule has 10 heteroatoms. The fourth-order valence-electron chi connectivity index (χ4n) is 3.57. The van der Waals surface area contributed by atoms with Crippen LogP contribution in [0.15, 0.2) is 48.5 Å². The Morgan fingerprint density at radius 3 is 2.06 bits per heavy atom. The molecule has 2 aromatic carbocycles. The molecule has 0 aromatic heterocycles. The minimum absolute atomic E-state index is 0.0984. The van der Waals surface area contributed by atoms with Crippen molar-refractivity contribution in [2.45, 2.75) is 25.1 Å². The van der Waals surface area contributed by atoms with Gasteiger partial charge in [0.25, 0.3) is 0 Å². The van der Waals surface area contributed by atoms with Crippen LogP contribution in [0.5, 0.6) is 0 Å². The summed E-state index contributed by atoms with van der Waals surface area (Å²) in [7, 11) is 0. The Hall–Kier alpha value is -3.56. The van der Waals surface area contributed by atoms with Crippen LogP contribution in [0.2, 0.25) is 0 Å². The van der Waals surface area contributed by atoms with E-state index in [-0.39, 0.29) is 12.5 Å². The number of hydrogen-bond donors (Lipinski definition) is 3. The van der Waals surface area contributed by atoms with Crippen molar-refractivity contribution in [1.29, 1.82) is 0 Å². The summed E-state index contributed by atoms with van der Waals surface area (Å²) in [5, 5.41) is 12.5. The number of carbonyl (C=O) groups is 3. The van der Waals surface area contributed by atoms with Gasteiger partial charge in [-0.05, 0) is 29.2 Å². The molecule has 2 aromatic rings. The monoisotopic (exact) mass is 450 g/mol. The second kappa shape index (κ2) is 9.29. The van der Waals surface area contributed by atoms with Crippen LogP contribution in [-0.2, 0) is 14.3 Å². The lowest BCUT2D eigenvalue weighted by molar-refractivity contribution is -0.182. The third-order valence-electron chi connectivity index (χ3n) is 5.23. The molecule has 0 aliphatic heterocycles. The molecule has 3 N–H and O–H groups in total. The molecule has 0 spiro atoms. The highest BCUT2D eigenvalue weighted by molar-refractivity contribution is 5.85. The average Bonchev–Trinajstić information content (AvgIpc) is 3.05. The van der Waals surface area contributed by atoms with E-state index in [0.717, 1.165) is 29.2 Å². The normalized spacial score (nSPS) is 14.6. The molecule has 0 bridgehead atoms. The van der Waals surface area contributed by atoms with Crippen LogP contribution in [0.4, 0.5) is 18.0 Å². The van der Waals surface area contributed by atoms with Crippen LogP contribution in [0.25, 0.3) is 11.1 Å². The number of carboxylic acids is 1. The van der Waals surface area contributed by atoms with Gasteiger partial charge in [-0.1, -0.05) is 48.5 Å². The third-order valence-corrected chi connectivity index (χ3v) is 5.23. The predicted octanol–water partition coefficient (Wildman–Crippen LogP) is 3.29. The lowest BCUT2D eigenvalue weighted by Gasteiger charge is -2.21. The molecule has 0 fully saturated rings. The number of aliphatic carboxylic acids is 1. The number of fused-ring (bicyclic) bond motifs is 3. The van der Waals surface area contributed by atoms with E-state index in [1.807, 2.05) is 53.8 Å². The van der Waals surface area contributed by atoms with Crippen LogP contribution >= 0.6 is 0 Å². The smallest absolute Gasteiger partial charge is 0.407 e. The zero-order valence-electron chi connectivity index (χ0n) is 17.0. The molecule has 1 aliphatic rings. The number of nitrogens with one attached hydrogen (secondary N) is 2. The summed E-state index contributed by atoms with van der Waals surface area (Å²) in [6, 6.07) is 13.6. The van der Waals surface area contributed by atoms with Gasteiger partial charge in [-0.3, -0.25) is 9.59 Å². The van der Waals surface area contributed by atoms with E-state index in [9.17, 15) is 27.6 Å². The highest BCUT2D eigenvalue weighted by Crippen LogP contribution is 2.44. The standard InChI is InChI=1S/C22H21F3N2O5/c1-12(20(29)30)27-19(28)18(22(23,24)25)10-26-21(31)32-11-17-15-8-4-2-6-13(15)14-7-3-5-9-16(14)17/h2-9,12,17-18H,10-11H2,1H3,(H,26,31)(H,27,28)(H,29,30). The number of benzene rings is 2. The molecule has 0 radical (unpaired) electrons. The Morgan fingerprint density at radius 1 is 1.03 bits per heavy atom. The van der Waals surface area contributed by atoms with E-state index in [0.29, 0.717) is 0 Å². The Kier molecular flexibility index (Phi) is 6.71. The van der Waals surface area contributed by atoms with Crippen LogP contribution in [0.3, 0.4) is 0 Å². The van der Waals surface area contributed by atoms with Gasteiger partial charge < -0.3 is 20.5 Å². The Morgan fingerprint density at radius 2 is 1.56 bits per heavy atom. The number of ether oxygens (including phenoxy) is 1. The number of carboxylic acid groups (broad SMARTS) is 1. The Balaban J connectivity index is 1.62. The topological polar surface area (TPSA) is 105 Å². The second-order valence-corrected chi connectivity index (χ2v) is 7.37. The SMILES string of the molecule is CC(NC(=O)C(CNC(=O)OCC1c2ccccc2-c2ccccc21)C(F)(F)F)C(=O)O. The van der Waals surface area contributed by atoms with Crippen LogP contribution < -0.4 is 10.6 Å². The quantitative estimate of drug-likeness (QED) is 0.601. The molecule has 0 heterocycles. The van der Waals surface area contributed by atoms with Crippen molar-refractivity contribution in [3.05, 3.63) is 59.7 Å². The number of carbonyl (C=O) groups excluding carboxylic acids is 2. The van der Waals surface area contributed by atoms with Gasteiger partial charge in [0, 0.05) is 12.5 Å². The molecule has 7 nitrogen and oxygen atoms in total. The number of rotatable bonds is 7. The van der Waals surface area contributed by atoms with E-state index in [2.05, 4.69) is 0 Å². The lowest BCUT2D eigenvalue weighted by atomic mass is 9.98. The molecule has 2 amide bonds. The van der Waals surface area contributed by atoms with Crippen molar-refractivity contribution in [2.24, 2.45) is 5.92 Å². The van der Waals surface area contributed by atoms with Gasteiger partial charge >= 0.3 is 18.2 Å². The Bertz CT molecular complexity index is 979. The number of alkyl carbamates (subject to hydrolysis) is 1. The molecular weight excluding hydrogens is 429 g/mol. The highest BCUT2D eigenvalue weighted by atomic mass is 19.4. The molecule has 170 valence electrons. The fourth-order valence-corrected chi connectivity index (χ4v) is 3.57. The predicted molar refractivity (Wildman–Crippen MR) is 108 cm³/mol. The van der Waals surface area contributed by atoms with E-state index in [1.54, 1.807) is 5.32 Å². The minimum atomic E-state index is -4.99.